The van der Waals surface area contributed by atoms with Crippen LogP contribution in [0, 0.1) is 0 Å². The van der Waals surface area contributed by atoms with E-state index in [9.17, 15) is 4.79 Å². The Bertz CT molecular complexity index is 1000. The fourth-order valence-corrected chi connectivity index (χ4v) is 3.57. The Labute approximate surface area is 168 Å². The molecule has 2 aromatic carbocycles. The molecule has 7 heteroatoms. The Morgan fingerprint density at radius 2 is 2.04 bits per heavy atom. The molecule has 0 spiro atoms. The first kappa shape index (κ1) is 18.5. The number of rotatable bonds is 5. The summed E-state index contributed by atoms with van der Waals surface area (Å²) in [5.74, 6) is 1.37. The standard InChI is InChI=1S/C21H20ClN3O3/c1-3-13-4-7-16(8-5-13)25-12-14(10-19(25)26)20-23-21(28-24-20)17-11-15(22)6-9-18(17)27-2/h4-9,11,14H,3,10,12H2,1-2H3. The van der Waals surface area contributed by atoms with Crippen LogP contribution in [-0.2, 0) is 11.2 Å². The van der Waals surface area contributed by atoms with Gasteiger partial charge in [-0.05, 0) is 42.3 Å². The highest BCUT2D eigenvalue weighted by Gasteiger charge is 2.34. The fourth-order valence-electron chi connectivity index (χ4n) is 3.40. The number of amides is 1. The number of benzene rings is 2. The third kappa shape index (κ3) is 3.47. The number of ether oxygens (including phenoxy) is 1. The predicted octanol–water partition coefficient (Wildman–Crippen LogP) is 4.48. The molecular formula is C21H20ClN3O3. The third-order valence-electron chi connectivity index (χ3n) is 4.98. The summed E-state index contributed by atoms with van der Waals surface area (Å²) in [6.45, 7) is 2.63. The van der Waals surface area contributed by atoms with E-state index in [1.165, 1.54) is 5.56 Å². The molecule has 2 heterocycles. The molecule has 0 bridgehead atoms. The molecule has 0 radical (unpaired) electrons. The van der Waals surface area contributed by atoms with Gasteiger partial charge < -0.3 is 14.2 Å². The largest absolute Gasteiger partial charge is 0.496 e. The molecular weight excluding hydrogens is 378 g/mol. The number of anilines is 1. The smallest absolute Gasteiger partial charge is 0.261 e. The summed E-state index contributed by atoms with van der Waals surface area (Å²) in [7, 11) is 1.57. The third-order valence-corrected chi connectivity index (χ3v) is 5.22. The summed E-state index contributed by atoms with van der Waals surface area (Å²) < 4.78 is 10.8. The van der Waals surface area contributed by atoms with Crippen molar-refractivity contribution in [1.82, 2.24) is 10.1 Å². The molecule has 4 rings (SSSR count). The first-order chi connectivity index (χ1) is 13.6. The summed E-state index contributed by atoms with van der Waals surface area (Å²) in [6.07, 6.45) is 1.32. The summed E-state index contributed by atoms with van der Waals surface area (Å²) in [5, 5.41) is 4.66. The highest BCUT2D eigenvalue weighted by molar-refractivity contribution is 6.30. The van der Waals surface area contributed by atoms with Gasteiger partial charge in [-0.25, -0.2) is 0 Å². The van der Waals surface area contributed by atoms with Gasteiger partial charge in [-0.2, -0.15) is 4.98 Å². The van der Waals surface area contributed by atoms with Gasteiger partial charge in [0.2, 0.25) is 5.91 Å². The van der Waals surface area contributed by atoms with E-state index in [1.807, 2.05) is 24.3 Å². The molecule has 0 N–H and O–H groups in total. The van der Waals surface area contributed by atoms with Gasteiger partial charge >= 0.3 is 0 Å². The maximum atomic E-state index is 12.5. The normalized spacial score (nSPS) is 16.6. The molecule has 1 unspecified atom stereocenters. The van der Waals surface area contributed by atoms with Crippen molar-refractivity contribution >= 4 is 23.2 Å². The Kier molecular flexibility index (Phi) is 5.05. The lowest BCUT2D eigenvalue weighted by molar-refractivity contribution is -0.117. The molecule has 0 saturated carbocycles. The first-order valence-corrected chi connectivity index (χ1v) is 9.53. The molecule has 3 aromatic rings. The SMILES string of the molecule is CCc1ccc(N2CC(c3noc(-c4cc(Cl)ccc4OC)n3)CC2=O)cc1. The number of halogens is 1. The van der Waals surface area contributed by atoms with Crippen LogP contribution >= 0.6 is 11.6 Å². The predicted molar refractivity (Wildman–Crippen MR) is 107 cm³/mol. The van der Waals surface area contributed by atoms with E-state index in [2.05, 4.69) is 17.1 Å². The zero-order chi connectivity index (χ0) is 19.7. The molecule has 1 saturated heterocycles. The zero-order valence-corrected chi connectivity index (χ0v) is 16.4. The van der Waals surface area contributed by atoms with Gasteiger partial charge in [-0.1, -0.05) is 35.8 Å². The van der Waals surface area contributed by atoms with Crippen molar-refractivity contribution < 1.29 is 14.1 Å². The van der Waals surface area contributed by atoms with E-state index >= 15 is 0 Å². The monoisotopic (exact) mass is 397 g/mol. The zero-order valence-electron chi connectivity index (χ0n) is 15.7. The number of nitrogens with zero attached hydrogens (tertiary/aromatic N) is 3. The van der Waals surface area contributed by atoms with Gasteiger partial charge in [0.25, 0.3) is 5.89 Å². The number of methoxy groups -OCH3 is 1. The van der Waals surface area contributed by atoms with E-state index in [0.717, 1.165) is 12.1 Å². The molecule has 144 valence electrons. The lowest BCUT2D eigenvalue weighted by atomic mass is 10.1. The van der Waals surface area contributed by atoms with E-state index < -0.39 is 0 Å². The van der Waals surface area contributed by atoms with Crippen LogP contribution in [0.3, 0.4) is 0 Å². The van der Waals surface area contributed by atoms with Gasteiger partial charge in [0.1, 0.15) is 5.75 Å². The number of aryl methyl sites for hydroxylation is 1. The minimum atomic E-state index is -0.124. The van der Waals surface area contributed by atoms with Gasteiger partial charge in [0.15, 0.2) is 5.82 Å². The van der Waals surface area contributed by atoms with E-state index in [4.69, 9.17) is 20.9 Å². The quantitative estimate of drug-likeness (QED) is 0.634. The fraction of sp³-hybridized carbons (Fsp3) is 0.286. The van der Waals surface area contributed by atoms with Crippen LogP contribution in [0.1, 0.15) is 30.7 Å². The molecule has 1 aromatic heterocycles. The van der Waals surface area contributed by atoms with Gasteiger partial charge in [0.05, 0.1) is 12.7 Å². The van der Waals surface area contributed by atoms with Gasteiger partial charge in [-0.3, -0.25) is 4.79 Å². The van der Waals surface area contributed by atoms with Crippen molar-refractivity contribution in [2.75, 3.05) is 18.6 Å². The Morgan fingerprint density at radius 1 is 1.25 bits per heavy atom. The molecule has 28 heavy (non-hydrogen) atoms. The summed E-state index contributed by atoms with van der Waals surface area (Å²) in [5.41, 5.74) is 2.76. The van der Waals surface area contributed by atoms with E-state index in [-0.39, 0.29) is 11.8 Å². The van der Waals surface area contributed by atoms with Crippen LogP contribution in [0.5, 0.6) is 5.75 Å². The van der Waals surface area contributed by atoms with E-state index in [0.29, 0.717) is 41.0 Å². The number of hydrogen-bond acceptors (Lipinski definition) is 5. The second-order valence-corrected chi connectivity index (χ2v) is 7.16. The van der Waals surface area contributed by atoms with Crippen molar-refractivity contribution in [1.29, 1.82) is 0 Å². The Hall–Kier alpha value is -2.86. The van der Waals surface area contributed by atoms with Crippen molar-refractivity contribution in [2.24, 2.45) is 0 Å². The lowest BCUT2D eigenvalue weighted by Crippen LogP contribution is -2.24. The summed E-state index contributed by atoms with van der Waals surface area (Å²) in [4.78, 5) is 18.8. The van der Waals surface area contributed by atoms with Crippen molar-refractivity contribution in [3.63, 3.8) is 0 Å². The average molecular weight is 398 g/mol. The van der Waals surface area contributed by atoms with Crippen molar-refractivity contribution in [3.05, 3.63) is 58.9 Å². The van der Waals surface area contributed by atoms with E-state index in [1.54, 1.807) is 30.2 Å². The number of aromatic nitrogens is 2. The number of carbonyl (C=O) groups excluding carboxylic acids is 1. The van der Waals surface area contributed by atoms with Crippen LogP contribution < -0.4 is 9.64 Å². The van der Waals surface area contributed by atoms with Crippen LogP contribution in [0.2, 0.25) is 5.02 Å². The topological polar surface area (TPSA) is 68.5 Å². The molecule has 1 aliphatic heterocycles. The minimum Gasteiger partial charge on any atom is -0.496 e. The molecule has 1 fully saturated rings. The highest BCUT2D eigenvalue weighted by Crippen LogP contribution is 2.35. The van der Waals surface area contributed by atoms with Crippen LogP contribution in [0.15, 0.2) is 47.0 Å². The Balaban J connectivity index is 1.56. The number of hydrogen-bond donors (Lipinski definition) is 0. The second kappa shape index (κ2) is 7.64. The minimum absolute atomic E-state index is 0.0564. The maximum absolute atomic E-state index is 12.5. The highest BCUT2D eigenvalue weighted by atomic mass is 35.5. The maximum Gasteiger partial charge on any atom is 0.261 e. The Morgan fingerprint density at radius 3 is 2.75 bits per heavy atom. The molecule has 1 atom stereocenters. The molecule has 6 nitrogen and oxygen atoms in total. The second-order valence-electron chi connectivity index (χ2n) is 6.73. The van der Waals surface area contributed by atoms with Gasteiger partial charge in [-0.15, -0.1) is 0 Å². The summed E-state index contributed by atoms with van der Waals surface area (Å²) >= 11 is 6.09. The van der Waals surface area contributed by atoms with Crippen LogP contribution in [-0.4, -0.2) is 29.7 Å². The lowest BCUT2D eigenvalue weighted by Gasteiger charge is -2.16. The van der Waals surface area contributed by atoms with Crippen molar-refractivity contribution in [3.8, 4) is 17.2 Å². The first-order valence-electron chi connectivity index (χ1n) is 9.16. The van der Waals surface area contributed by atoms with Crippen LogP contribution in [0.25, 0.3) is 11.5 Å². The summed E-state index contributed by atoms with van der Waals surface area (Å²) in [6, 6.07) is 13.3. The van der Waals surface area contributed by atoms with Gasteiger partial charge in [0, 0.05) is 29.6 Å². The molecule has 1 amide bonds. The molecule has 1 aliphatic rings. The van der Waals surface area contributed by atoms with Crippen LogP contribution in [0.4, 0.5) is 5.69 Å². The molecule has 0 aliphatic carbocycles. The average Bonchev–Trinajstić information content (AvgIpc) is 3.35. The number of carbonyl (C=O) groups is 1. The van der Waals surface area contributed by atoms with Crippen molar-refractivity contribution in [2.45, 2.75) is 25.7 Å².